The van der Waals surface area contributed by atoms with Crippen LogP contribution in [0.4, 0.5) is 0 Å². The number of carbonyl (C=O) groups is 1. The molecule has 148 valence electrons. The molecule has 6 nitrogen and oxygen atoms in total. The lowest BCUT2D eigenvalue weighted by Gasteiger charge is -2.17. The van der Waals surface area contributed by atoms with Gasteiger partial charge in [0, 0.05) is 18.3 Å². The van der Waals surface area contributed by atoms with Crippen LogP contribution in [-0.2, 0) is 0 Å². The second-order valence-electron chi connectivity index (χ2n) is 6.44. The molecule has 2 aromatic rings. The number of amides is 1. The second kappa shape index (κ2) is 11.4. The van der Waals surface area contributed by atoms with Crippen molar-refractivity contribution < 1.29 is 4.79 Å². The third-order valence-corrected chi connectivity index (χ3v) is 4.47. The molecule has 0 saturated carbocycles. The molecule has 8 heteroatoms. The van der Waals surface area contributed by atoms with Gasteiger partial charge in [0.25, 0.3) is 5.91 Å². The van der Waals surface area contributed by atoms with Crippen LogP contribution < -0.4 is 11.1 Å². The quantitative estimate of drug-likeness (QED) is 0.701. The number of nitrogens with one attached hydrogen (secondary N) is 1. The molecule has 0 spiro atoms. The van der Waals surface area contributed by atoms with Crippen LogP contribution >= 0.6 is 24.8 Å². The van der Waals surface area contributed by atoms with E-state index in [2.05, 4.69) is 36.2 Å². The van der Waals surface area contributed by atoms with Gasteiger partial charge < -0.3 is 11.1 Å². The first-order valence-corrected chi connectivity index (χ1v) is 8.87. The van der Waals surface area contributed by atoms with Crippen molar-refractivity contribution >= 4 is 41.8 Å². The monoisotopic (exact) mass is 403 g/mol. The molecule has 3 N–H and O–H groups in total. The average molecular weight is 404 g/mol. The summed E-state index contributed by atoms with van der Waals surface area (Å²) in [6, 6.07) is 2.08. The predicted octanol–water partition coefficient (Wildman–Crippen LogP) is 3.80. The number of nitrogens with two attached hydrogens (primary N) is 1. The molecule has 0 bridgehead atoms. The first-order valence-electron chi connectivity index (χ1n) is 8.87. The van der Waals surface area contributed by atoms with Gasteiger partial charge in [-0.25, -0.2) is 9.67 Å². The van der Waals surface area contributed by atoms with Gasteiger partial charge in [-0.15, -0.1) is 24.8 Å². The number of rotatable bonds is 8. The molecule has 2 aromatic heterocycles. The van der Waals surface area contributed by atoms with E-state index < -0.39 is 0 Å². The second-order valence-corrected chi connectivity index (χ2v) is 6.44. The molecule has 0 aromatic carbocycles. The highest BCUT2D eigenvalue weighted by Gasteiger charge is 2.19. The summed E-state index contributed by atoms with van der Waals surface area (Å²) in [6.45, 7) is 8.70. The fourth-order valence-corrected chi connectivity index (χ4v) is 2.79. The predicted molar refractivity (Wildman–Crippen MR) is 112 cm³/mol. The van der Waals surface area contributed by atoms with E-state index in [1.807, 2.05) is 17.7 Å². The number of fused-ring (bicyclic) bond motifs is 1. The summed E-state index contributed by atoms with van der Waals surface area (Å²) in [4.78, 5) is 17.4. The number of carbonyl (C=O) groups excluding carboxylic acids is 1. The number of pyridine rings is 1. The fourth-order valence-electron chi connectivity index (χ4n) is 2.79. The zero-order chi connectivity index (χ0) is 17.7. The number of halogens is 2. The van der Waals surface area contributed by atoms with Crippen molar-refractivity contribution in [2.45, 2.75) is 65.5 Å². The Balaban J connectivity index is 0.00000312. The van der Waals surface area contributed by atoms with E-state index in [-0.39, 0.29) is 42.8 Å². The van der Waals surface area contributed by atoms with Crippen LogP contribution in [0.2, 0.25) is 0 Å². The van der Waals surface area contributed by atoms with Crippen molar-refractivity contribution in [2.75, 3.05) is 6.54 Å². The first kappa shape index (κ1) is 24.6. The summed E-state index contributed by atoms with van der Waals surface area (Å²) in [5.74, 6) is -0.0965. The number of aromatic nitrogens is 3. The number of nitrogens with zero attached hydrogens (tertiary/aromatic N) is 3. The van der Waals surface area contributed by atoms with E-state index in [1.165, 1.54) is 0 Å². The molecular formula is C18H31Cl2N5O. The Labute approximate surface area is 168 Å². The van der Waals surface area contributed by atoms with Crippen LogP contribution in [0.15, 0.2) is 12.3 Å². The summed E-state index contributed by atoms with van der Waals surface area (Å²) in [6.07, 6.45) is 5.75. The number of hydrogen-bond donors (Lipinski definition) is 2. The summed E-state index contributed by atoms with van der Waals surface area (Å²) < 4.78 is 1.90. The SMILES string of the molecule is CCCCC(CN)NC(=O)c1cc(C)nc2c1cnn2C(C)CC.Cl.Cl. The highest BCUT2D eigenvalue weighted by Crippen LogP contribution is 2.22. The van der Waals surface area contributed by atoms with Gasteiger partial charge in [0.05, 0.1) is 23.2 Å². The largest absolute Gasteiger partial charge is 0.348 e. The van der Waals surface area contributed by atoms with E-state index in [0.29, 0.717) is 12.1 Å². The van der Waals surface area contributed by atoms with Crippen LogP contribution in [0.3, 0.4) is 0 Å². The van der Waals surface area contributed by atoms with E-state index >= 15 is 0 Å². The highest BCUT2D eigenvalue weighted by molar-refractivity contribution is 6.05. The molecule has 0 aliphatic rings. The maximum Gasteiger partial charge on any atom is 0.252 e. The zero-order valence-corrected chi connectivity index (χ0v) is 17.6. The summed E-state index contributed by atoms with van der Waals surface area (Å²) >= 11 is 0. The van der Waals surface area contributed by atoms with E-state index in [4.69, 9.17) is 5.73 Å². The van der Waals surface area contributed by atoms with Crippen molar-refractivity contribution in [1.82, 2.24) is 20.1 Å². The Morgan fingerprint density at radius 1 is 1.35 bits per heavy atom. The lowest BCUT2D eigenvalue weighted by Crippen LogP contribution is -2.40. The van der Waals surface area contributed by atoms with Crippen LogP contribution in [0.25, 0.3) is 11.0 Å². The smallest absolute Gasteiger partial charge is 0.252 e. The molecule has 0 radical (unpaired) electrons. The van der Waals surface area contributed by atoms with Crippen LogP contribution in [0, 0.1) is 6.92 Å². The third-order valence-electron chi connectivity index (χ3n) is 4.47. The molecule has 1 amide bonds. The minimum absolute atomic E-state index is 0. The summed E-state index contributed by atoms with van der Waals surface area (Å²) in [7, 11) is 0. The summed E-state index contributed by atoms with van der Waals surface area (Å²) in [5, 5.41) is 8.31. The molecular weight excluding hydrogens is 373 g/mol. The maximum absolute atomic E-state index is 12.8. The van der Waals surface area contributed by atoms with Gasteiger partial charge in [-0.1, -0.05) is 26.7 Å². The van der Waals surface area contributed by atoms with E-state index in [9.17, 15) is 4.79 Å². The standard InChI is InChI=1S/C18H29N5O.2ClH/c1-5-7-8-14(10-19)22-18(24)15-9-12(3)21-17-16(15)11-20-23(17)13(4)6-2;;/h9,11,13-14H,5-8,10,19H2,1-4H3,(H,22,24);2*1H. The van der Waals surface area contributed by atoms with Gasteiger partial charge in [-0.3, -0.25) is 4.79 Å². The minimum atomic E-state index is -0.0965. The summed E-state index contributed by atoms with van der Waals surface area (Å²) in [5.41, 5.74) is 8.01. The van der Waals surface area contributed by atoms with Gasteiger partial charge in [0.1, 0.15) is 0 Å². The Bertz CT molecular complexity index is 704. The minimum Gasteiger partial charge on any atom is -0.348 e. The van der Waals surface area contributed by atoms with Crippen molar-refractivity contribution in [3.05, 3.63) is 23.5 Å². The topological polar surface area (TPSA) is 85.8 Å². The average Bonchev–Trinajstić information content (AvgIpc) is 3.00. The molecule has 2 rings (SSSR count). The number of unbranched alkanes of at least 4 members (excludes halogenated alkanes) is 1. The lowest BCUT2D eigenvalue weighted by molar-refractivity contribution is 0.0937. The first-order chi connectivity index (χ1) is 11.5. The van der Waals surface area contributed by atoms with Crippen molar-refractivity contribution in [1.29, 1.82) is 0 Å². The van der Waals surface area contributed by atoms with Gasteiger partial charge in [0.15, 0.2) is 5.65 Å². The lowest BCUT2D eigenvalue weighted by atomic mass is 10.1. The molecule has 0 saturated heterocycles. The number of aryl methyl sites for hydroxylation is 1. The molecule has 0 aliphatic carbocycles. The van der Waals surface area contributed by atoms with E-state index in [0.717, 1.165) is 42.4 Å². The highest BCUT2D eigenvalue weighted by atomic mass is 35.5. The van der Waals surface area contributed by atoms with Crippen LogP contribution in [0.5, 0.6) is 0 Å². The van der Waals surface area contributed by atoms with Crippen LogP contribution in [-0.4, -0.2) is 33.3 Å². The Morgan fingerprint density at radius 3 is 2.62 bits per heavy atom. The van der Waals surface area contributed by atoms with Gasteiger partial charge >= 0.3 is 0 Å². The van der Waals surface area contributed by atoms with E-state index in [1.54, 1.807) is 6.20 Å². The van der Waals surface area contributed by atoms with Crippen molar-refractivity contribution in [2.24, 2.45) is 5.73 Å². The number of hydrogen-bond acceptors (Lipinski definition) is 4. The van der Waals surface area contributed by atoms with Crippen molar-refractivity contribution in [3.63, 3.8) is 0 Å². The molecule has 2 atom stereocenters. The molecule has 26 heavy (non-hydrogen) atoms. The van der Waals surface area contributed by atoms with Gasteiger partial charge in [0.2, 0.25) is 0 Å². The Morgan fingerprint density at radius 2 is 2.04 bits per heavy atom. The molecule has 2 unspecified atom stereocenters. The van der Waals surface area contributed by atoms with Crippen LogP contribution in [0.1, 0.15) is 68.5 Å². The Kier molecular flexibility index (Phi) is 10.8. The molecule has 0 aliphatic heterocycles. The maximum atomic E-state index is 12.8. The molecule has 0 fully saturated rings. The Hall–Kier alpha value is -1.37. The zero-order valence-electron chi connectivity index (χ0n) is 16.0. The normalized spacial score (nSPS) is 12.8. The van der Waals surface area contributed by atoms with Crippen molar-refractivity contribution in [3.8, 4) is 0 Å². The molecule has 2 heterocycles. The van der Waals surface area contributed by atoms with Gasteiger partial charge in [-0.2, -0.15) is 5.10 Å². The fraction of sp³-hybridized carbons (Fsp3) is 0.611. The third kappa shape index (κ3) is 5.56. The van der Waals surface area contributed by atoms with Gasteiger partial charge in [-0.05, 0) is 32.8 Å².